The van der Waals surface area contributed by atoms with Gasteiger partial charge in [-0.05, 0) is 30.5 Å². The molecule has 4 nitrogen and oxygen atoms in total. The lowest BCUT2D eigenvalue weighted by molar-refractivity contribution is -0.0516. The van der Waals surface area contributed by atoms with E-state index in [0.717, 1.165) is 31.2 Å². The molecule has 3 rings (SSSR count). The molecule has 0 unspecified atom stereocenters. The maximum atomic E-state index is 11.1. The average molecular weight is 278 g/mol. The lowest BCUT2D eigenvalue weighted by atomic mass is 9.76. The van der Waals surface area contributed by atoms with Gasteiger partial charge in [0.05, 0.1) is 6.04 Å². The van der Waals surface area contributed by atoms with E-state index < -0.39 is 5.60 Å². The molecule has 100 valence electrons. The summed E-state index contributed by atoms with van der Waals surface area (Å²) in [5.41, 5.74) is 0.00777. The van der Waals surface area contributed by atoms with E-state index in [9.17, 15) is 5.11 Å². The molecule has 1 saturated carbocycles. The molecule has 5 heteroatoms. The first-order valence-corrected chi connectivity index (χ1v) is 6.90. The number of aliphatic hydroxyl groups is 1. The highest BCUT2D eigenvalue weighted by Gasteiger charge is 2.42. The first-order chi connectivity index (χ1) is 9.20. The van der Waals surface area contributed by atoms with E-state index in [-0.39, 0.29) is 6.04 Å². The van der Waals surface area contributed by atoms with Gasteiger partial charge in [-0.25, -0.2) is 9.67 Å². The molecule has 1 heterocycles. The summed E-state index contributed by atoms with van der Waals surface area (Å²) in [7, 11) is 0. The molecular weight excluding hydrogens is 262 g/mol. The number of aromatic nitrogens is 3. The van der Waals surface area contributed by atoms with E-state index in [4.69, 9.17) is 11.6 Å². The van der Waals surface area contributed by atoms with Crippen molar-refractivity contribution in [1.29, 1.82) is 0 Å². The van der Waals surface area contributed by atoms with Crippen molar-refractivity contribution in [2.45, 2.75) is 37.3 Å². The lowest BCUT2D eigenvalue weighted by Crippen LogP contribution is -2.39. The van der Waals surface area contributed by atoms with E-state index in [1.807, 2.05) is 24.3 Å². The number of halogens is 1. The number of hydrogen-bond acceptors (Lipinski definition) is 3. The fourth-order valence-corrected chi connectivity index (χ4v) is 3.07. The van der Waals surface area contributed by atoms with Crippen LogP contribution >= 0.6 is 11.6 Å². The second-order valence-corrected chi connectivity index (χ2v) is 5.50. The van der Waals surface area contributed by atoms with Crippen LogP contribution in [0.1, 0.15) is 37.3 Å². The minimum atomic E-state index is -0.892. The summed E-state index contributed by atoms with van der Waals surface area (Å²) in [6.07, 6.45) is 6.94. The lowest BCUT2D eigenvalue weighted by Gasteiger charge is -2.40. The van der Waals surface area contributed by atoms with Crippen molar-refractivity contribution in [3.8, 4) is 0 Å². The molecule has 2 atom stereocenters. The largest absolute Gasteiger partial charge is 0.383 e. The Balaban J connectivity index is 2.00. The molecule has 19 heavy (non-hydrogen) atoms. The van der Waals surface area contributed by atoms with Crippen LogP contribution in [0.2, 0.25) is 5.02 Å². The van der Waals surface area contributed by atoms with E-state index in [1.54, 1.807) is 11.0 Å². The van der Waals surface area contributed by atoms with E-state index in [0.29, 0.717) is 5.02 Å². The molecule has 1 N–H and O–H groups in total. The summed E-state index contributed by atoms with van der Waals surface area (Å²) in [5, 5.41) is 16.0. The molecule has 1 aliphatic carbocycles. The number of nitrogens with zero attached hydrogens (tertiary/aromatic N) is 3. The quantitative estimate of drug-likeness (QED) is 0.918. The Morgan fingerprint density at radius 2 is 2.05 bits per heavy atom. The monoisotopic (exact) mass is 277 g/mol. The first-order valence-electron chi connectivity index (χ1n) is 6.53. The molecule has 0 radical (unpaired) electrons. The SMILES string of the molecule is O[C@]1(c2ccc(Cl)cc2)CCCC[C@H]1n1cncn1. The molecule has 1 aliphatic rings. The van der Waals surface area contributed by atoms with Crippen molar-refractivity contribution in [3.05, 3.63) is 47.5 Å². The normalized spacial score (nSPS) is 27.4. The van der Waals surface area contributed by atoms with Crippen LogP contribution in [0.25, 0.3) is 0 Å². The molecule has 0 saturated heterocycles. The summed E-state index contributed by atoms with van der Waals surface area (Å²) in [4.78, 5) is 3.99. The topological polar surface area (TPSA) is 50.9 Å². The van der Waals surface area contributed by atoms with Crippen molar-refractivity contribution < 1.29 is 5.11 Å². The fourth-order valence-electron chi connectivity index (χ4n) is 2.94. The maximum Gasteiger partial charge on any atom is 0.137 e. The van der Waals surface area contributed by atoms with Gasteiger partial charge in [0.25, 0.3) is 0 Å². The highest BCUT2D eigenvalue weighted by atomic mass is 35.5. The molecule has 0 spiro atoms. The molecule has 1 fully saturated rings. The first kappa shape index (κ1) is 12.6. The van der Waals surface area contributed by atoms with Crippen LogP contribution in [0.5, 0.6) is 0 Å². The van der Waals surface area contributed by atoms with Crippen LogP contribution in [0.4, 0.5) is 0 Å². The molecule has 0 amide bonds. The van der Waals surface area contributed by atoms with Crippen molar-refractivity contribution in [1.82, 2.24) is 14.8 Å². The summed E-state index contributed by atoms with van der Waals surface area (Å²) < 4.78 is 1.77. The summed E-state index contributed by atoms with van der Waals surface area (Å²) in [5.74, 6) is 0. The standard InChI is InChI=1S/C14H16ClN3O/c15-12-6-4-11(5-7-12)14(19)8-2-1-3-13(14)18-10-16-9-17-18/h4-7,9-10,13,19H,1-3,8H2/t13-,14+/m1/s1. The second kappa shape index (κ2) is 4.94. The summed E-state index contributed by atoms with van der Waals surface area (Å²) in [6, 6.07) is 7.38. The van der Waals surface area contributed by atoms with Gasteiger partial charge in [-0.3, -0.25) is 0 Å². The van der Waals surface area contributed by atoms with E-state index in [1.165, 1.54) is 6.33 Å². The third-order valence-corrected chi connectivity index (χ3v) is 4.19. The maximum absolute atomic E-state index is 11.1. The second-order valence-electron chi connectivity index (χ2n) is 5.07. The zero-order valence-corrected chi connectivity index (χ0v) is 11.3. The van der Waals surface area contributed by atoms with Crippen LogP contribution in [0.3, 0.4) is 0 Å². The number of hydrogen-bond donors (Lipinski definition) is 1. The van der Waals surface area contributed by atoms with Crippen molar-refractivity contribution >= 4 is 11.6 Å². The van der Waals surface area contributed by atoms with Crippen LogP contribution in [0, 0.1) is 0 Å². The number of benzene rings is 1. The Kier molecular flexibility index (Phi) is 3.29. The predicted molar refractivity (Wildman–Crippen MR) is 72.9 cm³/mol. The van der Waals surface area contributed by atoms with Crippen molar-refractivity contribution in [2.75, 3.05) is 0 Å². The number of rotatable bonds is 2. The van der Waals surface area contributed by atoms with Gasteiger partial charge in [0.15, 0.2) is 0 Å². The summed E-state index contributed by atoms with van der Waals surface area (Å²) in [6.45, 7) is 0. The highest BCUT2D eigenvalue weighted by molar-refractivity contribution is 6.30. The van der Waals surface area contributed by atoms with E-state index in [2.05, 4.69) is 10.1 Å². The van der Waals surface area contributed by atoms with Crippen LogP contribution in [-0.4, -0.2) is 19.9 Å². The Bertz CT molecular complexity index is 540. The van der Waals surface area contributed by atoms with Gasteiger partial charge >= 0.3 is 0 Å². The van der Waals surface area contributed by atoms with Crippen LogP contribution < -0.4 is 0 Å². The molecular formula is C14H16ClN3O. The zero-order chi connectivity index (χ0) is 13.3. The highest BCUT2D eigenvalue weighted by Crippen LogP contribution is 2.44. The average Bonchev–Trinajstić information content (AvgIpc) is 2.93. The third-order valence-electron chi connectivity index (χ3n) is 3.94. The smallest absolute Gasteiger partial charge is 0.137 e. The third kappa shape index (κ3) is 2.26. The van der Waals surface area contributed by atoms with Gasteiger partial charge in [0.2, 0.25) is 0 Å². The molecule has 1 aromatic carbocycles. The zero-order valence-electron chi connectivity index (χ0n) is 10.5. The Labute approximate surface area is 117 Å². The van der Waals surface area contributed by atoms with Gasteiger partial charge in [0, 0.05) is 5.02 Å². The van der Waals surface area contributed by atoms with Crippen molar-refractivity contribution in [3.63, 3.8) is 0 Å². The molecule has 2 aromatic rings. The van der Waals surface area contributed by atoms with Gasteiger partial charge < -0.3 is 5.11 Å². The minimum absolute atomic E-state index is 0.0649. The van der Waals surface area contributed by atoms with Crippen LogP contribution in [-0.2, 0) is 5.60 Å². The molecule has 1 aromatic heterocycles. The fraction of sp³-hybridized carbons (Fsp3) is 0.429. The Morgan fingerprint density at radius 3 is 2.74 bits per heavy atom. The molecule has 0 bridgehead atoms. The molecule has 0 aliphatic heterocycles. The van der Waals surface area contributed by atoms with Gasteiger partial charge in [-0.1, -0.05) is 36.6 Å². The predicted octanol–water partition coefficient (Wildman–Crippen LogP) is 2.93. The Hall–Kier alpha value is -1.39. The van der Waals surface area contributed by atoms with Crippen molar-refractivity contribution in [2.24, 2.45) is 0 Å². The van der Waals surface area contributed by atoms with Gasteiger partial charge in [0.1, 0.15) is 18.3 Å². The Morgan fingerprint density at radius 1 is 1.26 bits per heavy atom. The van der Waals surface area contributed by atoms with E-state index >= 15 is 0 Å². The van der Waals surface area contributed by atoms with Crippen LogP contribution in [0.15, 0.2) is 36.9 Å². The van der Waals surface area contributed by atoms with Gasteiger partial charge in [-0.2, -0.15) is 5.10 Å². The van der Waals surface area contributed by atoms with Gasteiger partial charge in [-0.15, -0.1) is 0 Å². The minimum Gasteiger partial charge on any atom is -0.383 e. The summed E-state index contributed by atoms with van der Waals surface area (Å²) >= 11 is 5.92.